The molecule has 2 aromatic carbocycles. The van der Waals surface area contributed by atoms with Crippen molar-refractivity contribution in [3.05, 3.63) is 93.7 Å². The molecular weight excluding hydrogens is 885 g/mol. The third-order valence-electron chi connectivity index (χ3n) is 11.4. The predicted molar refractivity (Wildman–Crippen MR) is 244 cm³/mol. The number of carbonyl (C=O) groups excluding carboxylic acids is 3. The number of H-pyrrole nitrogens is 2. The van der Waals surface area contributed by atoms with Crippen molar-refractivity contribution in [3.63, 3.8) is 0 Å². The van der Waals surface area contributed by atoms with Gasteiger partial charge in [-0.1, -0.05) is 12.2 Å². The van der Waals surface area contributed by atoms with Gasteiger partial charge in [-0.25, -0.2) is 4.99 Å². The van der Waals surface area contributed by atoms with Gasteiger partial charge in [0.05, 0.1) is 61.6 Å². The average Bonchev–Trinajstić information content (AvgIpc) is 4.09. The molecule has 1 saturated heterocycles. The molecule has 0 aliphatic carbocycles. The number of aliphatic hydroxyl groups is 3. The number of ether oxygens (including phenoxy) is 5. The fourth-order valence-electron chi connectivity index (χ4n) is 8.20. The molecule has 0 spiro atoms. The summed E-state index contributed by atoms with van der Waals surface area (Å²) >= 11 is 0. The van der Waals surface area contributed by atoms with Crippen molar-refractivity contribution in [2.45, 2.75) is 97.5 Å². The fourth-order valence-corrected chi connectivity index (χ4v) is 8.20. The lowest BCUT2D eigenvalue weighted by atomic mass is 9.99. The molecule has 9 N–H and O–H groups in total. The van der Waals surface area contributed by atoms with Crippen molar-refractivity contribution < 1.29 is 53.4 Å². The Bertz CT molecular complexity index is 2960. The van der Waals surface area contributed by atoms with Crippen LogP contribution in [0.15, 0.2) is 58.5 Å². The lowest BCUT2D eigenvalue weighted by Gasteiger charge is -2.41. The Morgan fingerprint density at radius 2 is 1.43 bits per heavy atom. The maximum Gasteiger partial charge on any atom is 0.298 e. The van der Waals surface area contributed by atoms with Gasteiger partial charge in [0.1, 0.15) is 52.6 Å². The van der Waals surface area contributed by atoms with E-state index in [1.807, 2.05) is 48.2 Å². The summed E-state index contributed by atoms with van der Waals surface area (Å²) < 4.78 is 35.6. The summed E-state index contributed by atoms with van der Waals surface area (Å²) in [4.78, 5) is 54.6. The minimum absolute atomic E-state index is 0.0366. The first-order chi connectivity index (χ1) is 32.7. The predicted octanol–water partition coefficient (Wildman–Crippen LogP) is 0.846. The summed E-state index contributed by atoms with van der Waals surface area (Å²) in [6, 6.07) is 9.89. The van der Waals surface area contributed by atoms with Crippen LogP contribution in [0.4, 0.5) is 0 Å². The van der Waals surface area contributed by atoms with Crippen LogP contribution in [-0.2, 0) is 46.9 Å². The van der Waals surface area contributed by atoms with E-state index in [9.17, 15) is 29.7 Å². The van der Waals surface area contributed by atoms with E-state index in [0.717, 1.165) is 11.4 Å². The van der Waals surface area contributed by atoms with Gasteiger partial charge in [-0.2, -0.15) is 15.2 Å². The zero-order valence-electron chi connectivity index (χ0n) is 38.7. The molecular formula is C45H58N12O11. The molecule has 1 fully saturated rings. The number of hydrogen-bond acceptors (Lipinski definition) is 14. The fraction of sp³-hybridized carbons (Fsp3) is 0.444. The van der Waals surface area contributed by atoms with Crippen LogP contribution in [0.1, 0.15) is 68.6 Å². The summed E-state index contributed by atoms with van der Waals surface area (Å²) in [5.41, 5.74) is 17.2. The van der Waals surface area contributed by atoms with Gasteiger partial charge < -0.3 is 69.6 Å². The Hall–Kier alpha value is -6.89. The van der Waals surface area contributed by atoms with Crippen molar-refractivity contribution in [1.82, 2.24) is 38.7 Å². The van der Waals surface area contributed by atoms with Crippen molar-refractivity contribution in [3.8, 4) is 11.5 Å². The molecule has 5 heterocycles. The zero-order chi connectivity index (χ0) is 48.8. The number of methoxy groups -OCH3 is 2. The monoisotopic (exact) mass is 942 g/mol. The molecule has 3 amide bonds. The first-order valence-electron chi connectivity index (χ1n) is 22.1. The number of aryl methyl sites for hydroxylation is 4. The Morgan fingerprint density at radius 3 is 2.04 bits per heavy atom. The Kier molecular flexibility index (Phi) is 15.4. The molecule has 0 radical (unpaired) electrons. The second-order valence-electron chi connectivity index (χ2n) is 16.1. The highest BCUT2D eigenvalue weighted by molar-refractivity contribution is 5.99. The highest BCUT2D eigenvalue weighted by atomic mass is 16.7. The van der Waals surface area contributed by atoms with E-state index in [1.54, 1.807) is 40.4 Å². The van der Waals surface area contributed by atoms with E-state index in [2.05, 4.69) is 25.2 Å². The minimum atomic E-state index is -1.32. The van der Waals surface area contributed by atoms with Crippen molar-refractivity contribution in [1.29, 1.82) is 0 Å². The Morgan fingerprint density at radius 1 is 0.824 bits per heavy atom. The summed E-state index contributed by atoms with van der Waals surface area (Å²) in [5, 5.41) is 40.1. The number of aromatic amines is 2. The summed E-state index contributed by atoms with van der Waals surface area (Å²) in [6.07, 6.45) is -1.85. The summed E-state index contributed by atoms with van der Waals surface area (Å²) in [5.74, 6) is -1.25. The quantitative estimate of drug-likeness (QED) is 0.0413. The van der Waals surface area contributed by atoms with Gasteiger partial charge >= 0.3 is 0 Å². The van der Waals surface area contributed by atoms with E-state index < -0.39 is 55.0 Å². The minimum Gasteiger partial charge on any atom is -0.494 e. The first-order valence-corrected chi connectivity index (χ1v) is 22.1. The maximum absolute atomic E-state index is 13.7. The number of amides is 3. The summed E-state index contributed by atoms with van der Waals surface area (Å²) in [6.45, 7) is 8.93. The second-order valence-corrected chi connectivity index (χ2v) is 16.1. The van der Waals surface area contributed by atoms with Crippen molar-refractivity contribution in [2.75, 3.05) is 34.0 Å². The lowest BCUT2D eigenvalue weighted by molar-refractivity contribution is -0.301. The molecule has 0 unspecified atom stereocenters. The zero-order valence-corrected chi connectivity index (χ0v) is 38.7. The number of carbonyl (C=O) groups is 3. The SMILES string of the molecule is CCn1nc(C)cc1C/N=c1\[nH]c2cc(C(N)=O)cc(OCCCO[C@@H]3[C@@H](O)[C@@H](OC)O[C@H](CO)[C@H]3O)c2n1C/C=C/Cn1/c(=N\C(=O)c2cc(C)nn2CC)[nH]c2cc(C(N)=O)cc(OC)c21. The molecule has 23 heteroatoms. The van der Waals surface area contributed by atoms with Crippen LogP contribution in [-0.4, -0.2) is 136 Å². The first kappa shape index (κ1) is 49.0. The number of aromatic nitrogens is 8. The number of primary amides is 2. The second kappa shape index (κ2) is 21.4. The van der Waals surface area contributed by atoms with Crippen molar-refractivity contribution in [2.24, 2.45) is 21.5 Å². The van der Waals surface area contributed by atoms with Crippen molar-refractivity contribution >= 4 is 39.8 Å². The molecule has 68 heavy (non-hydrogen) atoms. The number of nitrogens with one attached hydrogen (secondary N) is 2. The van der Waals surface area contributed by atoms with Crippen LogP contribution in [0.5, 0.6) is 11.5 Å². The molecule has 5 atom stereocenters. The third kappa shape index (κ3) is 10.3. The molecule has 0 saturated carbocycles. The third-order valence-corrected chi connectivity index (χ3v) is 11.4. The topological polar surface area (TPSA) is 312 Å². The smallest absolute Gasteiger partial charge is 0.298 e. The lowest BCUT2D eigenvalue weighted by Crippen LogP contribution is -2.60. The number of nitrogens with zero attached hydrogens (tertiary/aromatic N) is 8. The van der Waals surface area contributed by atoms with Gasteiger partial charge in [0, 0.05) is 50.8 Å². The van der Waals surface area contributed by atoms with E-state index in [4.69, 9.17) is 40.1 Å². The van der Waals surface area contributed by atoms with Crippen LogP contribution in [0.25, 0.3) is 22.1 Å². The molecule has 364 valence electrons. The van der Waals surface area contributed by atoms with Crippen LogP contribution in [0.3, 0.4) is 0 Å². The molecule has 6 aromatic rings. The highest BCUT2D eigenvalue weighted by Crippen LogP contribution is 2.29. The van der Waals surface area contributed by atoms with Gasteiger partial charge in [0.25, 0.3) is 5.91 Å². The molecule has 0 bridgehead atoms. The number of allylic oxidation sites excluding steroid dienone is 2. The van der Waals surface area contributed by atoms with E-state index >= 15 is 0 Å². The standard InChI is InChI=1S/C45H58N12O11/c1-7-56-28(16-24(3)52-56)22-48-44-49-30-19-27(41(47)62)21-33(66-14-11-15-67-39-37(59)34(23-58)68-43(65-6)38(39)60)36(30)54(44)12-9-10-13-55-35-29(18-26(40(46)61)20-32(35)64-5)50-45(55)51-42(63)31-17-25(4)53-57(31)8-2/h9-10,16-21,34,37-39,43,58-60H,7-8,11-15,22-23H2,1-6H3,(H2,46,61)(H2,47,62)(H,48,49)(H,50,51,63)/b10-9+/t34-,37-,38-,39+,43+/m1/s1. The number of aliphatic hydroxyl groups excluding tert-OH is 3. The van der Waals surface area contributed by atoms with Gasteiger partial charge in [0.2, 0.25) is 23.1 Å². The van der Waals surface area contributed by atoms with Crippen LogP contribution in [0, 0.1) is 13.8 Å². The van der Waals surface area contributed by atoms with E-state index in [0.29, 0.717) is 63.7 Å². The van der Waals surface area contributed by atoms with Crippen LogP contribution in [0.2, 0.25) is 0 Å². The normalized spacial score (nSPS) is 19.2. The number of nitrogens with two attached hydrogens (primary N) is 2. The molecule has 1 aliphatic rings. The molecule has 4 aromatic heterocycles. The van der Waals surface area contributed by atoms with Crippen LogP contribution >= 0.6 is 0 Å². The highest BCUT2D eigenvalue weighted by Gasteiger charge is 2.45. The number of imidazole rings is 2. The largest absolute Gasteiger partial charge is 0.494 e. The number of fused-ring (bicyclic) bond motifs is 2. The molecule has 1 aliphatic heterocycles. The van der Waals surface area contributed by atoms with Gasteiger partial charge in [-0.3, -0.25) is 23.7 Å². The average molecular weight is 943 g/mol. The number of hydrogen-bond donors (Lipinski definition) is 7. The van der Waals surface area contributed by atoms with E-state index in [-0.39, 0.29) is 56.0 Å². The maximum atomic E-state index is 13.7. The summed E-state index contributed by atoms with van der Waals surface area (Å²) in [7, 11) is 2.80. The van der Waals surface area contributed by atoms with Gasteiger partial charge in [-0.05, 0) is 64.1 Å². The van der Waals surface area contributed by atoms with E-state index in [1.165, 1.54) is 20.3 Å². The Labute approximate surface area is 389 Å². The Balaban J connectivity index is 1.24. The van der Waals surface area contributed by atoms with Gasteiger partial charge in [0.15, 0.2) is 6.29 Å². The molecule has 7 rings (SSSR count). The molecule has 23 nitrogen and oxygen atoms in total. The number of benzene rings is 2. The van der Waals surface area contributed by atoms with Gasteiger partial charge in [-0.15, -0.1) is 0 Å². The number of rotatable bonds is 20. The van der Waals surface area contributed by atoms with Crippen LogP contribution < -0.4 is 32.2 Å².